The Bertz CT molecular complexity index is 640. The largest absolute Gasteiger partial charge is 0.328 e. The van der Waals surface area contributed by atoms with Gasteiger partial charge in [-0.1, -0.05) is 30.3 Å². The first-order chi connectivity index (χ1) is 10.3. The van der Waals surface area contributed by atoms with Gasteiger partial charge in [0.2, 0.25) is 0 Å². The number of imidazole rings is 1. The van der Waals surface area contributed by atoms with Gasteiger partial charge in [-0.3, -0.25) is 0 Å². The lowest BCUT2D eigenvalue weighted by Gasteiger charge is -2.36. The van der Waals surface area contributed by atoms with Crippen LogP contribution >= 0.6 is 0 Å². The van der Waals surface area contributed by atoms with Crippen molar-refractivity contribution in [3.8, 4) is 17.5 Å². The van der Waals surface area contributed by atoms with Crippen LogP contribution in [0.3, 0.4) is 0 Å². The van der Waals surface area contributed by atoms with Crippen LogP contribution in [-0.4, -0.2) is 22.1 Å². The molecule has 1 saturated carbocycles. The highest BCUT2D eigenvalue weighted by molar-refractivity contribution is 5.55. The molecule has 0 saturated heterocycles. The number of nitrogens with zero attached hydrogens (tertiary/aromatic N) is 3. The monoisotopic (exact) mass is 280 g/mol. The minimum atomic E-state index is -0.402. The van der Waals surface area contributed by atoms with Crippen LogP contribution in [-0.2, 0) is 0 Å². The van der Waals surface area contributed by atoms with E-state index < -0.39 is 5.54 Å². The third-order valence-electron chi connectivity index (χ3n) is 4.51. The van der Waals surface area contributed by atoms with E-state index in [4.69, 9.17) is 0 Å². The Morgan fingerprint density at radius 1 is 1.38 bits per heavy atom. The molecule has 4 nitrogen and oxygen atoms in total. The van der Waals surface area contributed by atoms with Crippen molar-refractivity contribution in [2.75, 3.05) is 7.05 Å². The van der Waals surface area contributed by atoms with Gasteiger partial charge in [0.1, 0.15) is 11.4 Å². The first-order valence-electron chi connectivity index (χ1n) is 7.46. The van der Waals surface area contributed by atoms with Crippen LogP contribution in [0.25, 0.3) is 11.4 Å². The fourth-order valence-electron chi connectivity index (χ4n) is 3.29. The van der Waals surface area contributed by atoms with Gasteiger partial charge in [-0.05, 0) is 32.7 Å². The van der Waals surface area contributed by atoms with Gasteiger partial charge >= 0.3 is 0 Å². The highest BCUT2D eigenvalue weighted by Gasteiger charge is 2.36. The molecule has 1 aliphatic rings. The average molecular weight is 280 g/mol. The second-order valence-electron chi connectivity index (χ2n) is 5.72. The number of nitriles is 1. The Labute approximate surface area is 125 Å². The molecule has 2 unspecified atom stereocenters. The third-order valence-corrected chi connectivity index (χ3v) is 4.51. The molecule has 1 aromatic carbocycles. The molecule has 3 rings (SSSR count). The molecule has 1 fully saturated rings. The van der Waals surface area contributed by atoms with Crippen molar-refractivity contribution < 1.29 is 0 Å². The zero-order valence-electron chi connectivity index (χ0n) is 12.3. The molecule has 2 aromatic rings. The maximum atomic E-state index is 9.51. The summed E-state index contributed by atoms with van der Waals surface area (Å²) in [7, 11) is 1.89. The van der Waals surface area contributed by atoms with Crippen molar-refractivity contribution in [1.82, 2.24) is 14.9 Å². The Balaban J connectivity index is 1.92. The summed E-state index contributed by atoms with van der Waals surface area (Å²) < 4.78 is 2.23. The van der Waals surface area contributed by atoms with Crippen LogP contribution in [0.1, 0.15) is 31.7 Å². The number of hydrogen-bond donors (Lipinski definition) is 1. The van der Waals surface area contributed by atoms with E-state index in [1.54, 1.807) is 0 Å². The van der Waals surface area contributed by atoms with Gasteiger partial charge in [0.05, 0.1) is 6.07 Å². The standard InChI is InChI=1S/C17H20N4/c1-19-17(13-18)9-5-8-15(12-17)21-11-10-20-16(21)14-6-3-2-4-7-14/h2-4,6-7,10-11,15,19H,5,8-9,12H2,1H3. The first kappa shape index (κ1) is 13.8. The van der Waals surface area contributed by atoms with Crippen LogP contribution in [0, 0.1) is 11.3 Å². The predicted molar refractivity (Wildman–Crippen MR) is 82.6 cm³/mol. The van der Waals surface area contributed by atoms with E-state index in [0.717, 1.165) is 37.1 Å². The Hall–Kier alpha value is -2.12. The molecular formula is C17H20N4. The van der Waals surface area contributed by atoms with E-state index >= 15 is 0 Å². The molecule has 1 heterocycles. The van der Waals surface area contributed by atoms with Crippen molar-refractivity contribution in [2.24, 2.45) is 0 Å². The molecule has 108 valence electrons. The van der Waals surface area contributed by atoms with Crippen LogP contribution in [0.2, 0.25) is 0 Å². The molecule has 1 N–H and O–H groups in total. The van der Waals surface area contributed by atoms with Gasteiger partial charge in [-0.25, -0.2) is 4.98 Å². The summed E-state index contributed by atoms with van der Waals surface area (Å²) in [5.74, 6) is 0.991. The van der Waals surface area contributed by atoms with E-state index in [9.17, 15) is 5.26 Å². The molecule has 0 bridgehead atoms. The fourth-order valence-corrected chi connectivity index (χ4v) is 3.29. The molecule has 0 amide bonds. The average Bonchev–Trinajstić information content (AvgIpc) is 3.05. The quantitative estimate of drug-likeness (QED) is 0.939. The van der Waals surface area contributed by atoms with Gasteiger partial charge in [0.15, 0.2) is 0 Å². The Kier molecular flexibility index (Phi) is 3.76. The highest BCUT2D eigenvalue weighted by atomic mass is 15.1. The summed E-state index contributed by atoms with van der Waals surface area (Å²) in [4.78, 5) is 4.52. The minimum Gasteiger partial charge on any atom is -0.328 e. The molecule has 21 heavy (non-hydrogen) atoms. The SMILES string of the molecule is CNC1(C#N)CCCC(n2ccnc2-c2ccccc2)C1. The summed E-state index contributed by atoms with van der Waals surface area (Å²) in [5.41, 5.74) is 0.723. The summed E-state index contributed by atoms with van der Waals surface area (Å²) in [6.45, 7) is 0. The summed E-state index contributed by atoms with van der Waals surface area (Å²) in [6.07, 6.45) is 7.80. The van der Waals surface area contributed by atoms with E-state index in [1.807, 2.05) is 37.6 Å². The minimum absolute atomic E-state index is 0.323. The molecule has 0 radical (unpaired) electrons. The van der Waals surface area contributed by atoms with Crippen LogP contribution in [0.15, 0.2) is 42.7 Å². The van der Waals surface area contributed by atoms with E-state index in [0.29, 0.717) is 6.04 Å². The molecule has 1 aromatic heterocycles. The fraction of sp³-hybridized carbons (Fsp3) is 0.412. The van der Waals surface area contributed by atoms with Crippen molar-refractivity contribution >= 4 is 0 Å². The second-order valence-corrected chi connectivity index (χ2v) is 5.72. The second kappa shape index (κ2) is 5.71. The molecular weight excluding hydrogens is 260 g/mol. The molecule has 4 heteroatoms. The zero-order chi connectivity index (χ0) is 14.7. The van der Waals surface area contributed by atoms with Crippen LogP contribution < -0.4 is 5.32 Å². The van der Waals surface area contributed by atoms with Crippen molar-refractivity contribution in [3.63, 3.8) is 0 Å². The number of hydrogen-bond acceptors (Lipinski definition) is 3. The first-order valence-corrected chi connectivity index (χ1v) is 7.46. The maximum absolute atomic E-state index is 9.51. The summed E-state index contributed by atoms with van der Waals surface area (Å²) in [6, 6.07) is 13.0. The summed E-state index contributed by atoms with van der Waals surface area (Å²) >= 11 is 0. The van der Waals surface area contributed by atoms with Gasteiger partial charge in [-0.15, -0.1) is 0 Å². The topological polar surface area (TPSA) is 53.6 Å². The van der Waals surface area contributed by atoms with Crippen molar-refractivity contribution in [3.05, 3.63) is 42.7 Å². The van der Waals surface area contributed by atoms with Gasteiger partial charge in [0.25, 0.3) is 0 Å². The molecule has 1 aliphatic carbocycles. The maximum Gasteiger partial charge on any atom is 0.140 e. The number of benzene rings is 1. The van der Waals surface area contributed by atoms with Crippen LogP contribution in [0.4, 0.5) is 0 Å². The van der Waals surface area contributed by atoms with Crippen molar-refractivity contribution in [1.29, 1.82) is 5.26 Å². The third kappa shape index (κ3) is 2.57. The molecule has 0 spiro atoms. The normalized spacial score (nSPS) is 25.4. The Morgan fingerprint density at radius 3 is 2.90 bits per heavy atom. The molecule has 2 atom stereocenters. The van der Waals surface area contributed by atoms with Gasteiger partial charge in [0, 0.05) is 24.0 Å². The predicted octanol–water partition coefficient (Wildman–Crippen LogP) is 3.15. The Morgan fingerprint density at radius 2 is 2.19 bits per heavy atom. The van der Waals surface area contributed by atoms with Gasteiger partial charge < -0.3 is 9.88 Å². The number of nitrogens with one attached hydrogen (secondary N) is 1. The lowest BCUT2D eigenvalue weighted by atomic mass is 9.80. The number of rotatable bonds is 3. The van der Waals surface area contributed by atoms with Crippen LogP contribution in [0.5, 0.6) is 0 Å². The smallest absolute Gasteiger partial charge is 0.140 e. The van der Waals surface area contributed by atoms with Gasteiger partial charge in [-0.2, -0.15) is 5.26 Å². The van der Waals surface area contributed by atoms with Crippen molar-refractivity contribution in [2.45, 2.75) is 37.3 Å². The lowest BCUT2D eigenvalue weighted by Crippen LogP contribution is -2.45. The summed E-state index contributed by atoms with van der Waals surface area (Å²) in [5, 5.41) is 12.7. The zero-order valence-corrected chi connectivity index (χ0v) is 12.3. The van der Waals surface area contributed by atoms with E-state index in [-0.39, 0.29) is 0 Å². The van der Waals surface area contributed by atoms with E-state index in [2.05, 4.69) is 33.1 Å². The molecule has 0 aliphatic heterocycles. The number of aromatic nitrogens is 2. The highest BCUT2D eigenvalue weighted by Crippen LogP contribution is 2.37. The lowest BCUT2D eigenvalue weighted by molar-refractivity contribution is 0.243. The van der Waals surface area contributed by atoms with E-state index in [1.165, 1.54) is 0 Å².